The number of hydrogen-bond acceptors (Lipinski definition) is 3. The van der Waals surface area contributed by atoms with Crippen molar-refractivity contribution in [3.05, 3.63) is 11.9 Å². The Hall–Kier alpha value is -1.19. The standard InChI is InChI=1S/C11H17N3O/c1-11(2)5-4-8(15)6-9(11)10-7-14(3)13-12-10/h7,9H,4-6H2,1-3H3. The molecule has 0 aliphatic heterocycles. The maximum atomic E-state index is 11.5. The Balaban J connectivity index is 2.29. The van der Waals surface area contributed by atoms with Gasteiger partial charge in [-0.2, -0.15) is 0 Å². The molecule has 1 heterocycles. The van der Waals surface area contributed by atoms with Crippen LogP contribution in [0.4, 0.5) is 0 Å². The summed E-state index contributed by atoms with van der Waals surface area (Å²) in [7, 11) is 1.86. The fourth-order valence-corrected chi connectivity index (χ4v) is 2.27. The van der Waals surface area contributed by atoms with Crippen LogP contribution in [0.2, 0.25) is 0 Å². The molecule has 1 aromatic heterocycles. The highest BCUT2D eigenvalue weighted by atomic mass is 16.1. The van der Waals surface area contributed by atoms with E-state index in [-0.39, 0.29) is 11.3 Å². The number of carbonyl (C=O) groups is 1. The summed E-state index contributed by atoms with van der Waals surface area (Å²) in [6.45, 7) is 4.41. The van der Waals surface area contributed by atoms with Gasteiger partial charge in [0.15, 0.2) is 0 Å². The molecule has 0 spiro atoms. The minimum Gasteiger partial charge on any atom is -0.300 e. The highest BCUT2D eigenvalue weighted by molar-refractivity contribution is 5.80. The molecule has 0 amide bonds. The minimum absolute atomic E-state index is 0.157. The average Bonchev–Trinajstić information content (AvgIpc) is 2.56. The first-order valence-corrected chi connectivity index (χ1v) is 5.37. The molecule has 1 aliphatic rings. The zero-order valence-corrected chi connectivity index (χ0v) is 9.53. The van der Waals surface area contributed by atoms with Crippen molar-refractivity contribution in [2.75, 3.05) is 0 Å². The fraction of sp³-hybridized carbons (Fsp3) is 0.727. The number of Topliss-reactive ketones (excluding diaryl/α,β-unsaturated/α-hetero) is 1. The molecule has 0 bridgehead atoms. The van der Waals surface area contributed by atoms with Gasteiger partial charge in [0.1, 0.15) is 5.78 Å². The third-order valence-electron chi connectivity index (χ3n) is 3.40. The highest BCUT2D eigenvalue weighted by Crippen LogP contribution is 2.44. The summed E-state index contributed by atoms with van der Waals surface area (Å²) >= 11 is 0. The predicted molar refractivity (Wildman–Crippen MR) is 56.4 cm³/mol. The van der Waals surface area contributed by atoms with E-state index in [2.05, 4.69) is 24.2 Å². The van der Waals surface area contributed by atoms with Crippen molar-refractivity contribution in [2.45, 2.75) is 39.0 Å². The fourth-order valence-electron chi connectivity index (χ4n) is 2.27. The molecule has 15 heavy (non-hydrogen) atoms. The van der Waals surface area contributed by atoms with Gasteiger partial charge in [-0.1, -0.05) is 19.1 Å². The van der Waals surface area contributed by atoms with E-state index in [1.54, 1.807) is 4.68 Å². The quantitative estimate of drug-likeness (QED) is 0.704. The van der Waals surface area contributed by atoms with Gasteiger partial charge < -0.3 is 0 Å². The van der Waals surface area contributed by atoms with Crippen LogP contribution in [0.3, 0.4) is 0 Å². The molecule has 1 fully saturated rings. The Kier molecular flexibility index (Phi) is 2.37. The molecule has 1 aromatic rings. The van der Waals surface area contributed by atoms with Crippen LogP contribution in [0.1, 0.15) is 44.7 Å². The Morgan fingerprint density at radius 3 is 2.87 bits per heavy atom. The van der Waals surface area contributed by atoms with Gasteiger partial charge in [0, 0.05) is 32.0 Å². The zero-order valence-electron chi connectivity index (χ0n) is 9.53. The van der Waals surface area contributed by atoms with E-state index in [4.69, 9.17) is 0 Å². The molecule has 0 radical (unpaired) electrons. The number of ketones is 1. The van der Waals surface area contributed by atoms with Gasteiger partial charge in [0.2, 0.25) is 0 Å². The number of hydrogen-bond donors (Lipinski definition) is 0. The first-order chi connectivity index (χ1) is 6.99. The van der Waals surface area contributed by atoms with Gasteiger partial charge >= 0.3 is 0 Å². The van der Waals surface area contributed by atoms with Crippen molar-refractivity contribution in [2.24, 2.45) is 12.5 Å². The van der Waals surface area contributed by atoms with Gasteiger partial charge in [0.25, 0.3) is 0 Å². The molecule has 0 aromatic carbocycles. The number of aryl methyl sites for hydroxylation is 1. The second-order valence-corrected chi connectivity index (χ2v) is 5.10. The molecule has 4 heteroatoms. The van der Waals surface area contributed by atoms with Crippen LogP contribution in [-0.4, -0.2) is 20.8 Å². The topological polar surface area (TPSA) is 47.8 Å². The predicted octanol–water partition coefficient (Wildman–Crippen LogP) is 1.68. The van der Waals surface area contributed by atoms with Crippen LogP contribution in [-0.2, 0) is 11.8 Å². The van der Waals surface area contributed by atoms with Crippen molar-refractivity contribution in [3.8, 4) is 0 Å². The Morgan fingerprint density at radius 2 is 2.27 bits per heavy atom. The van der Waals surface area contributed by atoms with Crippen LogP contribution in [0.25, 0.3) is 0 Å². The average molecular weight is 207 g/mol. The molecule has 0 saturated heterocycles. The Labute approximate surface area is 89.7 Å². The summed E-state index contributed by atoms with van der Waals surface area (Å²) in [6, 6.07) is 0. The lowest BCUT2D eigenvalue weighted by atomic mass is 9.67. The van der Waals surface area contributed by atoms with E-state index in [9.17, 15) is 4.79 Å². The van der Waals surface area contributed by atoms with Crippen molar-refractivity contribution >= 4 is 5.78 Å². The van der Waals surface area contributed by atoms with Crippen molar-refractivity contribution in [3.63, 3.8) is 0 Å². The largest absolute Gasteiger partial charge is 0.300 e. The third-order valence-corrected chi connectivity index (χ3v) is 3.40. The highest BCUT2D eigenvalue weighted by Gasteiger charge is 2.38. The van der Waals surface area contributed by atoms with Crippen molar-refractivity contribution < 1.29 is 4.79 Å². The molecule has 1 atom stereocenters. The number of aromatic nitrogens is 3. The van der Waals surface area contributed by atoms with Gasteiger partial charge in [-0.3, -0.25) is 9.48 Å². The molecule has 1 aliphatic carbocycles. The number of nitrogens with zero attached hydrogens (tertiary/aromatic N) is 3. The second kappa shape index (κ2) is 3.43. The second-order valence-electron chi connectivity index (χ2n) is 5.10. The first kappa shape index (κ1) is 10.3. The third kappa shape index (κ3) is 1.94. The van der Waals surface area contributed by atoms with E-state index in [1.807, 2.05) is 13.2 Å². The molecule has 82 valence electrons. The first-order valence-electron chi connectivity index (χ1n) is 5.37. The number of rotatable bonds is 1. The van der Waals surface area contributed by atoms with E-state index in [0.29, 0.717) is 18.6 Å². The summed E-state index contributed by atoms with van der Waals surface area (Å²) in [5.74, 6) is 0.581. The summed E-state index contributed by atoms with van der Waals surface area (Å²) in [4.78, 5) is 11.5. The SMILES string of the molecule is Cn1cc(C2CC(=O)CCC2(C)C)nn1. The van der Waals surface area contributed by atoms with Gasteiger partial charge in [-0.15, -0.1) is 5.10 Å². The van der Waals surface area contributed by atoms with Crippen LogP contribution >= 0.6 is 0 Å². The van der Waals surface area contributed by atoms with Crippen LogP contribution in [0, 0.1) is 5.41 Å². The van der Waals surface area contributed by atoms with Crippen molar-refractivity contribution in [1.29, 1.82) is 0 Å². The molecular weight excluding hydrogens is 190 g/mol. The van der Waals surface area contributed by atoms with Crippen molar-refractivity contribution in [1.82, 2.24) is 15.0 Å². The van der Waals surface area contributed by atoms with Crippen LogP contribution in [0.5, 0.6) is 0 Å². The maximum Gasteiger partial charge on any atom is 0.133 e. The Bertz CT molecular complexity index is 381. The maximum absolute atomic E-state index is 11.5. The van der Waals surface area contributed by atoms with E-state index < -0.39 is 0 Å². The van der Waals surface area contributed by atoms with Crippen LogP contribution < -0.4 is 0 Å². The van der Waals surface area contributed by atoms with Gasteiger partial charge in [0.05, 0.1) is 5.69 Å². The number of carbonyl (C=O) groups excluding carboxylic acids is 1. The lowest BCUT2D eigenvalue weighted by Crippen LogP contribution is -2.30. The monoisotopic (exact) mass is 207 g/mol. The summed E-state index contributed by atoms with van der Waals surface area (Å²) in [6.07, 6.45) is 4.20. The van der Waals surface area contributed by atoms with Gasteiger partial charge in [-0.05, 0) is 11.8 Å². The lowest BCUT2D eigenvalue weighted by molar-refractivity contribution is -0.122. The summed E-state index contributed by atoms with van der Waals surface area (Å²) in [5, 5.41) is 8.07. The van der Waals surface area contributed by atoms with E-state index in [0.717, 1.165) is 12.1 Å². The minimum atomic E-state index is 0.157. The van der Waals surface area contributed by atoms with Gasteiger partial charge in [-0.25, -0.2) is 0 Å². The smallest absolute Gasteiger partial charge is 0.133 e. The Morgan fingerprint density at radius 1 is 1.53 bits per heavy atom. The molecular formula is C11H17N3O. The normalized spacial score (nSPS) is 25.5. The molecule has 2 rings (SSSR count). The molecule has 1 unspecified atom stereocenters. The summed E-state index contributed by atoms with van der Waals surface area (Å²) < 4.78 is 1.70. The molecule has 4 nitrogen and oxygen atoms in total. The molecule has 1 saturated carbocycles. The molecule has 0 N–H and O–H groups in total. The zero-order chi connectivity index (χ0) is 11.1. The summed E-state index contributed by atoms with van der Waals surface area (Å²) in [5.41, 5.74) is 1.11. The van der Waals surface area contributed by atoms with E-state index in [1.165, 1.54) is 0 Å². The van der Waals surface area contributed by atoms with E-state index >= 15 is 0 Å². The van der Waals surface area contributed by atoms with Crippen LogP contribution in [0.15, 0.2) is 6.20 Å². The lowest BCUT2D eigenvalue weighted by Gasteiger charge is -2.36.